The van der Waals surface area contributed by atoms with E-state index >= 15 is 0 Å². The van der Waals surface area contributed by atoms with Crippen molar-refractivity contribution in [2.45, 2.75) is 49.8 Å². The van der Waals surface area contributed by atoms with Crippen LogP contribution in [0.15, 0.2) is 60.7 Å². The van der Waals surface area contributed by atoms with Crippen LogP contribution in [0.25, 0.3) is 0 Å². The van der Waals surface area contributed by atoms with Crippen molar-refractivity contribution in [1.82, 2.24) is 10.2 Å². The highest BCUT2D eigenvalue weighted by Crippen LogP contribution is 2.36. The van der Waals surface area contributed by atoms with E-state index in [0.717, 1.165) is 43.8 Å². The van der Waals surface area contributed by atoms with Crippen molar-refractivity contribution in [3.63, 3.8) is 0 Å². The molecule has 0 saturated carbocycles. The second-order valence-electron chi connectivity index (χ2n) is 9.15. The third-order valence-corrected chi connectivity index (χ3v) is 7.21. The molecule has 0 bridgehead atoms. The zero-order valence-corrected chi connectivity index (χ0v) is 18.4. The number of benzene rings is 2. The molecule has 3 fully saturated rings. The minimum absolute atomic E-state index is 0.0104. The Morgan fingerprint density at radius 3 is 2.31 bits per heavy atom. The van der Waals surface area contributed by atoms with E-state index in [1.807, 2.05) is 53.4 Å². The fourth-order valence-electron chi connectivity index (χ4n) is 5.39. The molecule has 0 radical (unpaired) electrons. The third kappa shape index (κ3) is 3.99. The van der Waals surface area contributed by atoms with Crippen LogP contribution >= 0.6 is 0 Å². The molecular formula is C26H31N3O3. The zero-order valence-electron chi connectivity index (χ0n) is 18.4. The van der Waals surface area contributed by atoms with Crippen molar-refractivity contribution in [3.8, 4) is 0 Å². The summed E-state index contributed by atoms with van der Waals surface area (Å²) in [5.41, 5.74) is 1.43. The van der Waals surface area contributed by atoms with E-state index in [0.29, 0.717) is 25.8 Å². The number of para-hydroxylation sites is 1. The van der Waals surface area contributed by atoms with Gasteiger partial charge < -0.3 is 19.9 Å². The van der Waals surface area contributed by atoms with Gasteiger partial charge in [-0.05, 0) is 43.4 Å². The molecule has 6 heteroatoms. The SMILES string of the molecule is O=C1C(Cc2ccccc2)NC(=O)C2(CCN(c3ccccc3)CC2)N1CC1CCCO1. The predicted octanol–water partition coefficient (Wildman–Crippen LogP) is 2.77. The van der Waals surface area contributed by atoms with Crippen LogP contribution in [0.3, 0.4) is 0 Å². The molecule has 2 amide bonds. The van der Waals surface area contributed by atoms with Gasteiger partial charge in [0.25, 0.3) is 0 Å². The van der Waals surface area contributed by atoms with Gasteiger partial charge in [0.15, 0.2) is 0 Å². The molecule has 1 spiro atoms. The maximum Gasteiger partial charge on any atom is 0.246 e. The average molecular weight is 434 g/mol. The molecule has 0 aromatic heterocycles. The summed E-state index contributed by atoms with van der Waals surface area (Å²) in [6.07, 6.45) is 3.75. The summed E-state index contributed by atoms with van der Waals surface area (Å²) >= 11 is 0. The van der Waals surface area contributed by atoms with Gasteiger partial charge in [-0.3, -0.25) is 9.59 Å². The highest BCUT2D eigenvalue weighted by molar-refractivity contribution is 6.00. The normalized spacial score (nSPS) is 25.2. The molecule has 3 aliphatic rings. The molecule has 1 N–H and O–H groups in total. The number of nitrogens with one attached hydrogen (secondary N) is 1. The number of piperazine rings is 1. The van der Waals surface area contributed by atoms with Gasteiger partial charge in [0.2, 0.25) is 11.8 Å². The number of carbonyl (C=O) groups excluding carboxylic acids is 2. The quantitative estimate of drug-likeness (QED) is 0.788. The Morgan fingerprint density at radius 2 is 1.66 bits per heavy atom. The van der Waals surface area contributed by atoms with Gasteiger partial charge in [-0.25, -0.2) is 0 Å². The molecule has 2 atom stereocenters. The van der Waals surface area contributed by atoms with E-state index in [2.05, 4.69) is 22.3 Å². The molecule has 3 aliphatic heterocycles. The lowest BCUT2D eigenvalue weighted by Gasteiger charge is -2.52. The number of piperidine rings is 1. The minimum atomic E-state index is -0.790. The average Bonchev–Trinajstić information content (AvgIpc) is 3.35. The number of hydrogen-bond donors (Lipinski definition) is 1. The molecule has 32 heavy (non-hydrogen) atoms. The standard InChI is InChI=1S/C26H31N3O3/c30-24-23(18-20-8-3-1-4-9-20)27-25(31)26(29(24)19-22-12-7-17-32-22)13-15-28(16-14-26)21-10-5-2-6-11-21/h1-6,8-11,22-23H,7,12-19H2,(H,27,31). The van der Waals surface area contributed by atoms with Gasteiger partial charge in [-0.15, -0.1) is 0 Å². The van der Waals surface area contributed by atoms with E-state index in [9.17, 15) is 9.59 Å². The van der Waals surface area contributed by atoms with Crippen LogP contribution in [0.4, 0.5) is 5.69 Å². The summed E-state index contributed by atoms with van der Waals surface area (Å²) < 4.78 is 5.88. The Balaban J connectivity index is 1.38. The lowest BCUT2D eigenvalue weighted by atomic mass is 9.80. The summed E-state index contributed by atoms with van der Waals surface area (Å²) in [7, 11) is 0. The first kappa shape index (κ1) is 21.0. The lowest BCUT2D eigenvalue weighted by molar-refractivity contribution is -0.161. The molecule has 2 aromatic carbocycles. The second-order valence-corrected chi connectivity index (χ2v) is 9.15. The summed E-state index contributed by atoms with van der Waals surface area (Å²) in [4.78, 5) is 31.5. The Hall–Kier alpha value is -2.86. The summed E-state index contributed by atoms with van der Waals surface area (Å²) in [6.45, 7) is 2.73. The number of ether oxygens (including phenoxy) is 1. The first-order chi connectivity index (χ1) is 15.7. The summed E-state index contributed by atoms with van der Waals surface area (Å²) in [5.74, 6) is 0.0147. The molecule has 2 aromatic rings. The second kappa shape index (κ2) is 8.94. The van der Waals surface area contributed by atoms with Gasteiger partial charge in [-0.2, -0.15) is 0 Å². The van der Waals surface area contributed by atoms with E-state index in [1.54, 1.807) is 0 Å². The van der Waals surface area contributed by atoms with E-state index in [4.69, 9.17) is 4.74 Å². The topological polar surface area (TPSA) is 61.9 Å². The van der Waals surface area contributed by atoms with Gasteiger partial charge >= 0.3 is 0 Å². The van der Waals surface area contributed by atoms with Gasteiger partial charge in [0.05, 0.1) is 6.10 Å². The molecule has 168 valence electrons. The fraction of sp³-hybridized carbons (Fsp3) is 0.462. The van der Waals surface area contributed by atoms with Crippen LogP contribution < -0.4 is 10.2 Å². The molecule has 3 saturated heterocycles. The van der Waals surface area contributed by atoms with Crippen LogP contribution in [0.5, 0.6) is 0 Å². The Kier molecular flexibility index (Phi) is 5.87. The van der Waals surface area contributed by atoms with Crippen molar-refractivity contribution < 1.29 is 14.3 Å². The Labute approximate surface area is 189 Å². The van der Waals surface area contributed by atoms with Crippen molar-refractivity contribution in [3.05, 3.63) is 66.2 Å². The Bertz CT molecular complexity index is 935. The summed E-state index contributed by atoms with van der Waals surface area (Å²) in [5, 5.41) is 3.10. The van der Waals surface area contributed by atoms with Crippen LogP contribution in [-0.4, -0.2) is 60.6 Å². The van der Waals surface area contributed by atoms with Crippen LogP contribution in [0.2, 0.25) is 0 Å². The molecule has 3 heterocycles. The van der Waals surface area contributed by atoms with Gasteiger partial charge in [-0.1, -0.05) is 48.5 Å². The largest absolute Gasteiger partial charge is 0.376 e. The van der Waals surface area contributed by atoms with Crippen LogP contribution in [0, 0.1) is 0 Å². The van der Waals surface area contributed by atoms with Crippen molar-refractivity contribution in [1.29, 1.82) is 0 Å². The highest BCUT2D eigenvalue weighted by Gasteiger charge is 2.54. The van der Waals surface area contributed by atoms with Gasteiger partial charge in [0.1, 0.15) is 11.6 Å². The predicted molar refractivity (Wildman–Crippen MR) is 123 cm³/mol. The number of rotatable bonds is 5. The molecular weight excluding hydrogens is 402 g/mol. The molecule has 6 nitrogen and oxygen atoms in total. The van der Waals surface area contributed by atoms with E-state index in [-0.39, 0.29) is 17.9 Å². The number of amides is 2. The minimum Gasteiger partial charge on any atom is -0.376 e. The molecule has 5 rings (SSSR count). The van der Waals surface area contributed by atoms with E-state index in [1.165, 1.54) is 0 Å². The number of anilines is 1. The monoisotopic (exact) mass is 433 g/mol. The maximum atomic E-state index is 13.7. The highest BCUT2D eigenvalue weighted by atomic mass is 16.5. The third-order valence-electron chi connectivity index (χ3n) is 7.21. The van der Waals surface area contributed by atoms with E-state index < -0.39 is 11.6 Å². The van der Waals surface area contributed by atoms with Crippen molar-refractivity contribution in [2.24, 2.45) is 0 Å². The molecule has 0 aliphatic carbocycles. The van der Waals surface area contributed by atoms with Crippen molar-refractivity contribution in [2.75, 3.05) is 31.1 Å². The number of nitrogens with zero attached hydrogens (tertiary/aromatic N) is 2. The maximum absolute atomic E-state index is 13.7. The first-order valence-electron chi connectivity index (χ1n) is 11.7. The van der Waals surface area contributed by atoms with Crippen molar-refractivity contribution >= 4 is 17.5 Å². The Morgan fingerprint density at radius 1 is 0.969 bits per heavy atom. The first-order valence-corrected chi connectivity index (χ1v) is 11.7. The van der Waals surface area contributed by atoms with Crippen LogP contribution in [0.1, 0.15) is 31.2 Å². The smallest absolute Gasteiger partial charge is 0.246 e. The molecule has 2 unspecified atom stereocenters. The lowest BCUT2D eigenvalue weighted by Crippen LogP contribution is -2.74. The summed E-state index contributed by atoms with van der Waals surface area (Å²) in [6, 6.07) is 19.7. The zero-order chi connectivity index (χ0) is 22.0. The number of hydrogen-bond acceptors (Lipinski definition) is 4. The van der Waals surface area contributed by atoms with Crippen LogP contribution in [-0.2, 0) is 20.7 Å². The van der Waals surface area contributed by atoms with Gasteiger partial charge in [0, 0.05) is 38.3 Å². The number of carbonyl (C=O) groups is 2. The fourth-order valence-corrected chi connectivity index (χ4v) is 5.39.